The number of alkyl halides is 3. The van der Waals surface area contributed by atoms with E-state index in [0.717, 1.165) is 40.6 Å². The van der Waals surface area contributed by atoms with Crippen molar-refractivity contribution in [2.24, 2.45) is 0 Å². The maximum absolute atomic E-state index is 13.7. The average Bonchev–Trinajstić information content (AvgIpc) is 3.05. The van der Waals surface area contributed by atoms with Crippen LogP contribution in [0.2, 0.25) is 0 Å². The Morgan fingerprint density at radius 2 is 1.68 bits per heavy atom. The number of aromatic hydroxyl groups is 1. The van der Waals surface area contributed by atoms with E-state index in [1.807, 2.05) is 0 Å². The van der Waals surface area contributed by atoms with E-state index in [1.54, 1.807) is 0 Å². The summed E-state index contributed by atoms with van der Waals surface area (Å²) in [6.45, 7) is -1.13. The van der Waals surface area contributed by atoms with Crippen molar-refractivity contribution >= 4 is 27.6 Å². The molecular weight excluding hydrogens is 532 g/mol. The van der Waals surface area contributed by atoms with Gasteiger partial charge in [0.05, 0.1) is 29.7 Å². The molecule has 1 aliphatic rings. The standard InChI is InChI=1S/C25H20F4N2O6S/c1-37-24(34)22-14-30(23(33)19-11-6-16(26)12-20(19)25(27,28)29)21-5-3-2-4-15(21)13-31(22)38(35,36)18-9-7-17(32)8-10-18/h2-12,22,32H,13-14H2,1H3. The average molecular weight is 553 g/mol. The number of carbonyl (C=O) groups is 2. The summed E-state index contributed by atoms with van der Waals surface area (Å²) in [5.41, 5.74) is -2.13. The summed E-state index contributed by atoms with van der Waals surface area (Å²) in [6, 6.07) is 10.3. The molecular formula is C25H20F4N2O6S. The first-order valence-corrected chi connectivity index (χ1v) is 12.4. The van der Waals surface area contributed by atoms with Gasteiger partial charge in [-0.1, -0.05) is 18.2 Å². The lowest BCUT2D eigenvalue weighted by molar-refractivity contribution is -0.145. The summed E-state index contributed by atoms with van der Waals surface area (Å²) in [7, 11) is -3.45. The first kappa shape index (κ1) is 27.1. The second-order valence-electron chi connectivity index (χ2n) is 8.32. The number of nitrogens with zero attached hydrogens (tertiary/aromatic N) is 2. The molecule has 0 fully saturated rings. The van der Waals surface area contributed by atoms with Crippen LogP contribution >= 0.6 is 0 Å². The highest BCUT2D eigenvalue weighted by atomic mass is 32.2. The number of fused-ring (bicyclic) bond motifs is 1. The lowest BCUT2D eigenvalue weighted by Gasteiger charge is -2.29. The van der Waals surface area contributed by atoms with Crippen molar-refractivity contribution in [1.82, 2.24) is 4.31 Å². The number of amides is 1. The Morgan fingerprint density at radius 1 is 1.03 bits per heavy atom. The lowest BCUT2D eigenvalue weighted by Crippen LogP contribution is -2.50. The Kier molecular flexibility index (Phi) is 7.17. The molecule has 3 aromatic rings. The summed E-state index contributed by atoms with van der Waals surface area (Å²) < 4.78 is 87.6. The number of rotatable bonds is 4. The zero-order chi connectivity index (χ0) is 27.8. The van der Waals surface area contributed by atoms with Crippen molar-refractivity contribution in [2.45, 2.75) is 23.7 Å². The molecule has 1 unspecified atom stereocenters. The van der Waals surface area contributed by atoms with E-state index in [4.69, 9.17) is 4.74 Å². The third-order valence-corrected chi connectivity index (χ3v) is 7.86. The van der Waals surface area contributed by atoms with E-state index >= 15 is 0 Å². The topological polar surface area (TPSA) is 104 Å². The summed E-state index contributed by atoms with van der Waals surface area (Å²) in [6.07, 6.45) is -5.07. The molecule has 13 heteroatoms. The van der Waals surface area contributed by atoms with Crippen molar-refractivity contribution in [3.8, 4) is 5.75 Å². The molecule has 4 rings (SSSR count). The number of ether oxygens (including phenoxy) is 1. The van der Waals surface area contributed by atoms with Crippen molar-refractivity contribution in [2.75, 3.05) is 18.6 Å². The predicted octanol–water partition coefficient (Wildman–Crippen LogP) is 3.94. The van der Waals surface area contributed by atoms with E-state index in [9.17, 15) is 40.7 Å². The van der Waals surface area contributed by atoms with Gasteiger partial charge in [0.1, 0.15) is 17.6 Å². The number of para-hydroxylation sites is 1. The van der Waals surface area contributed by atoms with Crippen molar-refractivity contribution in [3.63, 3.8) is 0 Å². The van der Waals surface area contributed by atoms with Crippen LogP contribution in [0.5, 0.6) is 5.75 Å². The Labute approximate surface area is 214 Å². The molecule has 0 aromatic heterocycles. The van der Waals surface area contributed by atoms with Crippen LogP contribution in [0.25, 0.3) is 0 Å². The number of halogens is 4. The molecule has 200 valence electrons. The molecule has 38 heavy (non-hydrogen) atoms. The SMILES string of the molecule is COC(=O)C1CN(C(=O)c2ccc(F)cc2C(F)(F)F)c2ccccc2CN1S(=O)(=O)c1ccc(O)cc1. The lowest BCUT2D eigenvalue weighted by atomic mass is 10.0. The molecule has 1 amide bonds. The Balaban J connectivity index is 1.88. The van der Waals surface area contributed by atoms with E-state index in [0.29, 0.717) is 12.1 Å². The Hall–Kier alpha value is -3.97. The molecule has 1 atom stereocenters. The third-order valence-electron chi connectivity index (χ3n) is 5.99. The van der Waals surface area contributed by atoms with Crippen LogP contribution in [-0.2, 0) is 32.3 Å². The quantitative estimate of drug-likeness (QED) is 0.389. The van der Waals surface area contributed by atoms with Crippen LogP contribution in [-0.4, -0.2) is 49.4 Å². The minimum Gasteiger partial charge on any atom is -0.508 e. The Bertz CT molecular complexity index is 1490. The summed E-state index contributed by atoms with van der Waals surface area (Å²) in [5.74, 6) is -3.69. The molecule has 0 radical (unpaired) electrons. The van der Waals surface area contributed by atoms with E-state index < -0.39 is 64.2 Å². The highest BCUT2D eigenvalue weighted by Crippen LogP contribution is 2.36. The van der Waals surface area contributed by atoms with Crippen LogP contribution in [0, 0.1) is 5.82 Å². The molecule has 8 nitrogen and oxygen atoms in total. The molecule has 3 aromatic carbocycles. The molecule has 0 saturated heterocycles. The molecule has 1 heterocycles. The summed E-state index contributed by atoms with van der Waals surface area (Å²) in [4.78, 5) is 27.0. The molecule has 0 saturated carbocycles. The van der Waals surface area contributed by atoms with Gasteiger partial charge < -0.3 is 14.7 Å². The smallest absolute Gasteiger partial charge is 0.417 e. The minimum atomic E-state index is -5.07. The van der Waals surface area contributed by atoms with Crippen LogP contribution in [0.3, 0.4) is 0 Å². The van der Waals surface area contributed by atoms with Crippen LogP contribution < -0.4 is 4.90 Å². The number of anilines is 1. The van der Waals surface area contributed by atoms with Gasteiger partial charge in [0.15, 0.2) is 0 Å². The van der Waals surface area contributed by atoms with Crippen molar-refractivity contribution in [3.05, 3.63) is 89.2 Å². The maximum Gasteiger partial charge on any atom is 0.417 e. The molecule has 0 bridgehead atoms. The van der Waals surface area contributed by atoms with Crippen LogP contribution in [0.15, 0.2) is 71.6 Å². The zero-order valence-corrected chi connectivity index (χ0v) is 20.5. The molecule has 1 N–H and O–H groups in total. The largest absolute Gasteiger partial charge is 0.508 e. The first-order chi connectivity index (χ1) is 17.8. The fourth-order valence-corrected chi connectivity index (χ4v) is 5.71. The second-order valence-corrected chi connectivity index (χ2v) is 10.2. The monoisotopic (exact) mass is 552 g/mol. The van der Waals surface area contributed by atoms with Gasteiger partial charge >= 0.3 is 12.1 Å². The number of benzene rings is 3. The Morgan fingerprint density at radius 3 is 2.32 bits per heavy atom. The number of esters is 1. The molecule has 0 spiro atoms. The summed E-state index contributed by atoms with van der Waals surface area (Å²) >= 11 is 0. The first-order valence-electron chi connectivity index (χ1n) is 11.0. The van der Waals surface area contributed by atoms with Gasteiger partial charge in [-0.05, 0) is 54.1 Å². The van der Waals surface area contributed by atoms with Crippen LogP contribution in [0.1, 0.15) is 21.5 Å². The number of phenols is 1. The van der Waals surface area contributed by atoms with Crippen LogP contribution in [0.4, 0.5) is 23.2 Å². The fourth-order valence-electron chi connectivity index (χ4n) is 4.16. The number of phenolic OH excluding ortho intramolecular Hbond substituents is 1. The molecule has 1 aliphatic heterocycles. The van der Waals surface area contributed by atoms with E-state index in [2.05, 4.69) is 0 Å². The van der Waals surface area contributed by atoms with Gasteiger partial charge in [0, 0.05) is 12.2 Å². The fraction of sp³-hybridized carbons (Fsp3) is 0.200. The van der Waals surface area contributed by atoms with Gasteiger partial charge in [-0.25, -0.2) is 12.8 Å². The van der Waals surface area contributed by atoms with Crippen molar-refractivity contribution < 1.29 is 45.4 Å². The van der Waals surface area contributed by atoms with Gasteiger partial charge in [0.2, 0.25) is 10.0 Å². The van der Waals surface area contributed by atoms with Gasteiger partial charge in [-0.2, -0.15) is 17.5 Å². The highest BCUT2D eigenvalue weighted by molar-refractivity contribution is 7.89. The number of sulfonamides is 1. The highest BCUT2D eigenvalue weighted by Gasteiger charge is 2.44. The second kappa shape index (κ2) is 10.1. The van der Waals surface area contributed by atoms with Gasteiger partial charge in [-0.3, -0.25) is 9.59 Å². The number of carbonyl (C=O) groups excluding carboxylic acids is 2. The summed E-state index contributed by atoms with van der Waals surface area (Å²) in [5, 5.41) is 9.56. The van der Waals surface area contributed by atoms with E-state index in [1.165, 1.54) is 24.3 Å². The maximum atomic E-state index is 13.7. The predicted molar refractivity (Wildman–Crippen MR) is 126 cm³/mol. The van der Waals surface area contributed by atoms with Gasteiger partial charge in [0.25, 0.3) is 5.91 Å². The third kappa shape index (κ3) is 5.07. The number of methoxy groups -OCH3 is 1. The molecule has 0 aliphatic carbocycles. The number of hydrogen-bond donors (Lipinski definition) is 1. The van der Waals surface area contributed by atoms with E-state index in [-0.39, 0.29) is 28.0 Å². The minimum absolute atomic E-state index is 0.0623. The normalized spacial score (nSPS) is 16.4. The van der Waals surface area contributed by atoms with Crippen molar-refractivity contribution in [1.29, 1.82) is 0 Å². The number of hydrogen-bond acceptors (Lipinski definition) is 6. The zero-order valence-electron chi connectivity index (χ0n) is 19.6. The van der Waals surface area contributed by atoms with Gasteiger partial charge in [-0.15, -0.1) is 0 Å².